The van der Waals surface area contributed by atoms with Crippen molar-refractivity contribution in [2.45, 2.75) is 6.92 Å². The Bertz CT molecular complexity index is 731. The molecular weight excluding hydrogens is 301 g/mol. The molecule has 23 heavy (non-hydrogen) atoms. The van der Waals surface area contributed by atoms with Gasteiger partial charge in [-0.3, -0.25) is 4.79 Å². The van der Waals surface area contributed by atoms with Crippen LogP contribution in [0, 0.1) is 12.7 Å². The fourth-order valence-electron chi connectivity index (χ4n) is 2.12. The molecule has 0 aromatic heterocycles. The predicted molar refractivity (Wildman–Crippen MR) is 85.2 cm³/mol. The molecule has 0 unspecified atom stereocenters. The quantitative estimate of drug-likeness (QED) is 0.917. The van der Waals surface area contributed by atoms with Crippen LogP contribution in [-0.2, 0) is 0 Å². The topological polar surface area (TPSA) is 56.8 Å². The van der Waals surface area contributed by atoms with Gasteiger partial charge in [-0.15, -0.1) is 0 Å². The fraction of sp³-hybridized carbons (Fsp3) is 0.235. The molecule has 0 aliphatic heterocycles. The Labute approximate surface area is 134 Å². The number of amides is 1. The molecule has 2 aromatic rings. The molecule has 0 saturated heterocycles. The van der Waals surface area contributed by atoms with E-state index < -0.39 is 11.7 Å². The second-order valence-electron chi connectivity index (χ2n) is 4.83. The minimum atomic E-state index is -0.593. The average molecular weight is 319 g/mol. The number of hydrogen-bond donors (Lipinski definition) is 1. The van der Waals surface area contributed by atoms with Crippen molar-refractivity contribution in [1.82, 2.24) is 0 Å². The van der Waals surface area contributed by atoms with Crippen molar-refractivity contribution in [2.24, 2.45) is 0 Å². The Morgan fingerprint density at radius 2 is 1.57 bits per heavy atom. The molecule has 0 radical (unpaired) electrons. The molecule has 2 rings (SSSR count). The lowest BCUT2D eigenvalue weighted by Gasteiger charge is -2.14. The number of aryl methyl sites for hydroxylation is 1. The monoisotopic (exact) mass is 319 g/mol. The van der Waals surface area contributed by atoms with Crippen LogP contribution in [0.2, 0.25) is 0 Å². The zero-order chi connectivity index (χ0) is 17.0. The zero-order valence-electron chi connectivity index (χ0n) is 13.4. The first-order chi connectivity index (χ1) is 11.0. The van der Waals surface area contributed by atoms with Crippen LogP contribution in [0.5, 0.6) is 17.2 Å². The Balaban J connectivity index is 2.28. The highest BCUT2D eigenvalue weighted by Gasteiger charge is 2.14. The number of ether oxygens (including phenoxy) is 3. The second kappa shape index (κ2) is 7.00. The third kappa shape index (κ3) is 3.53. The standard InChI is InChI=1S/C17H18FNO4/c1-10-7-15(22-3)16(23-4)9-13(10)19-17(20)11-5-6-14(21-2)12(18)8-11/h5-9H,1-4H3,(H,19,20). The minimum Gasteiger partial charge on any atom is -0.494 e. The number of methoxy groups -OCH3 is 3. The Morgan fingerprint density at radius 1 is 0.957 bits per heavy atom. The van der Waals surface area contributed by atoms with Crippen molar-refractivity contribution in [1.29, 1.82) is 0 Å². The average Bonchev–Trinajstić information content (AvgIpc) is 2.55. The van der Waals surface area contributed by atoms with E-state index in [1.54, 1.807) is 12.1 Å². The van der Waals surface area contributed by atoms with Crippen LogP contribution in [0.15, 0.2) is 30.3 Å². The maximum absolute atomic E-state index is 13.7. The van der Waals surface area contributed by atoms with Crippen molar-refractivity contribution in [3.8, 4) is 17.2 Å². The van der Waals surface area contributed by atoms with Gasteiger partial charge in [-0.2, -0.15) is 0 Å². The molecule has 0 spiro atoms. The maximum Gasteiger partial charge on any atom is 0.255 e. The van der Waals surface area contributed by atoms with Gasteiger partial charge in [-0.05, 0) is 36.8 Å². The Hall–Kier alpha value is -2.76. The van der Waals surface area contributed by atoms with Gasteiger partial charge in [-0.25, -0.2) is 4.39 Å². The third-order valence-corrected chi connectivity index (χ3v) is 3.39. The molecule has 122 valence electrons. The Morgan fingerprint density at radius 3 is 2.13 bits per heavy atom. The van der Waals surface area contributed by atoms with Crippen LogP contribution in [0.4, 0.5) is 10.1 Å². The molecule has 0 bridgehead atoms. The van der Waals surface area contributed by atoms with Gasteiger partial charge in [0.1, 0.15) is 0 Å². The highest BCUT2D eigenvalue weighted by Crippen LogP contribution is 2.33. The van der Waals surface area contributed by atoms with E-state index >= 15 is 0 Å². The lowest BCUT2D eigenvalue weighted by molar-refractivity contribution is 0.102. The number of halogens is 1. The number of anilines is 1. The first kappa shape index (κ1) is 16.6. The largest absolute Gasteiger partial charge is 0.494 e. The van der Waals surface area contributed by atoms with Crippen LogP contribution in [0.1, 0.15) is 15.9 Å². The molecule has 0 heterocycles. The van der Waals surface area contributed by atoms with Gasteiger partial charge in [-0.1, -0.05) is 0 Å². The minimum absolute atomic E-state index is 0.0869. The number of carbonyl (C=O) groups excluding carboxylic acids is 1. The van der Waals surface area contributed by atoms with Gasteiger partial charge in [0.05, 0.1) is 21.3 Å². The van der Waals surface area contributed by atoms with E-state index in [0.717, 1.165) is 11.6 Å². The number of nitrogens with one attached hydrogen (secondary N) is 1. The molecule has 0 aliphatic carbocycles. The van der Waals surface area contributed by atoms with E-state index in [9.17, 15) is 9.18 Å². The second-order valence-corrected chi connectivity index (χ2v) is 4.83. The first-order valence-electron chi connectivity index (χ1n) is 6.87. The smallest absolute Gasteiger partial charge is 0.255 e. The number of rotatable bonds is 5. The summed E-state index contributed by atoms with van der Waals surface area (Å²) < 4.78 is 29.0. The van der Waals surface area contributed by atoms with Crippen molar-refractivity contribution in [3.05, 3.63) is 47.3 Å². The predicted octanol–water partition coefficient (Wildman–Crippen LogP) is 3.41. The number of hydrogen-bond acceptors (Lipinski definition) is 4. The highest BCUT2D eigenvalue weighted by atomic mass is 19.1. The van der Waals surface area contributed by atoms with Crippen molar-refractivity contribution in [3.63, 3.8) is 0 Å². The lowest BCUT2D eigenvalue weighted by atomic mass is 10.1. The molecular formula is C17H18FNO4. The normalized spacial score (nSPS) is 10.1. The summed E-state index contributed by atoms with van der Waals surface area (Å²) in [6, 6.07) is 7.44. The highest BCUT2D eigenvalue weighted by molar-refractivity contribution is 6.04. The van der Waals surface area contributed by atoms with Crippen LogP contribution in [0.3, 0.4) is 0 Å². The molecule has 0 saturated carbocycles. The van der Waals surface area contributed by atoms with Gasteiger partial charge >= 0.3 is 0 Å². The number of carbonyl (C=O) groups is 1. The fourth-order valence-corrected chi connectivity index (χ4v) is 2.12. The van der Waals surface area contributed by atoms with Crippen LogP contribution in [-0.4, -0.2) is 27.2 Å². The third-order valence-electron chi connectivity index (χ3n) is 3.39. The summed E-state index contributed by atoms with van der Waals surface area (Å²) in [4.78, 5) is 12.3. The molecule has 0 atom stereocenters. The molecule has 0 aliphatic rings. The summed E-state index contributed by atoms with van der Waals surface area (Å²) in [5, 5.41) is 2.74. The summed E-state index contributed by atoms with van der Waals surface area (Å²) >= 11 is 0. The van der Waals surface area contributed by atoms with Gasteiger partial charge in [0.15, 0.2) is 23.1 Å². The summed E-state index contributed by atoms with van der Waals surface area (Å²) in [6.45, 7) is 1.83. The maximum atomic E-state index is 13.7. The SMILES string of the molecule is COc1ccc(C(=O)Nc2cc(OC)c(OC)cc2C)cc1F. The van der Waals surface area contributed by atoms with E-state index in [0.29, 0.717) is 17.2 Å². The van der Waals surface area contributed by atoms with Gasteiger partial charge in [0.2, 0.25) is 0 Å². The van der Waals surface area contributed by atoms with E-state index in [1.807, 2.05) is 6.92 Å². The lowest BCUT2D eigenvalue weighted by Crippen LogP contribution is -2.13. The molecule has 1 amide bonds. The summed E-state index contributed by atoms with van der Waals surface area (Å²) in [6.07, 6.45) is 0. The van der Waals surface area contributed by atoms with Gasteiger partial charge < -0.3 is 19.5 Å². The molecule has 1 N–H and O–H groups in total. The van der Waals surface area contributed by atoms with E-state index in [1.165, 1.54) is 33.5 Å². The first-order valence-corrected chi connectivity index (χ1v) is 6.87. The van der Waals surface area contributed by atoms with Gasteiger partial charge in [0, 0.05) is 17.3 Å². The van der Waals surface area contributed by atoms with Crippen LogP contribution < -0.4 is 19.5 Å². The van der Waals surface area contributed by atoms with Crippen molar-refractivity contribution < 1.29 is 23.4 Å². The Kier molecular flexibility index (Phi) is 5.05. The molecule has 0 fully saturated rings. The van der Waals surface area contributed by atoms with Crippen LogP contribution >= 0.6 is 0 Å². The number of benzene rings is 2. The zero-order valence-corrected chi connectivity index (χ0v) is 13.4. The molecule has 6 heteroatoms. The van der Waals surface area contributed by atoms with Gasteiger partial charge in [0.25, 0.3) is 5.91 Å². The van der Waals surface area contributed by atoms with Crippen LogP contribution in [0.25, 0.3) is 0 Å². The van der Waals surface area contributed by atoms with Crippen molar-refractivity contribution in [2.75, 3.05) is 26.6 Å². The summed E-state index contributed by atoms with van der Waals surface area (Å²) in [5.74, 6) is 0.128. The summed E-state index contributed by atoms with van der Waals surface area (Å²) in [7, 11) is 4.42. The van der Waals surface area contributed by atoms with E-state index in [4.69, 9.17) is 14.2 Å². The van der Waals surface area contributed by atoms with Crippen molar-refractivity contribution >= 4 is 11.6 Å². The molecule has 5 nitrogen and oxygen atoms in total. The van der Waals surface area contributed by atoms with E-state index in [2.05, 4.69) is 5.32 Å². The van der Waals surface area contributed by atoms with E-state index in [-0.39, 0.29) is 11.3 Å². The molecule has 2 aromatic carbocycles. The summed E-state index contributed by atoms with van der Waals surface area (Å²) in [5.41, 5.74) is 1.55.